The van der Waals surface area contributed by atoms with E-state index >= 15 is 0 Å². The maximum atomic E-state index is 8.44. The highest BCUT2D eigenvalue weighted by molar-refractivity contribution is 7.86. The maximum Gasteiger partial charge on any atom is 0.162 e. The molecule has 2 N–H and O–H groups in total. The highest BCUT2D eigenvalue weighted by Crippen LogP contribution is 2.51. The van der Waals surface area contributed by atoms with Crippen LogP contribution in [0, 0.1) is 4.78 Å². The Morgan fingerprint density at radius 3 is 2.93 bits per heavy atom. The van der Waals surface area contributed by atoms with E-state index < -0.39 is 10.7 Å². The molecule has 8 heteroatoms. The van der Waals surface area contributed by atoms with E-state index in [1.54, 1.807) is 6.20 Å². The van der Waals surface area contributed by atoms with Gasteiger partial charge in [0.05, 0.1) is 29.7 Å². The average Bonchev–Trinajstić information content (AvgIpc) is 3.39. The van der Waals surface area contributed by atoms with Gasteiger partial charge in [0.2, 0.25) is 0 Å². The van der Waals surface area contributed by atoms with Crippen molar-refractivity contribution >= 4 is 27.5 Å². The van der Waals surface area contributed by atoms with Crippen LogP contribution in [0.15, 0.2) is 30.6 Å². The summed E-state index contributed by atoms with van der Waals surface area (Å²) in [7, 11) is -0.474. The van der Waals surface area contributed by atoms with Gasteiger partial charge in [0.1, 0.15) is 11.5 Å². The molecule has 28 heavy (non-hydrogen) atoms. The molecule has 5 rings (SSSR count). The molecule has 0 radical (unpaired) electrons. The van der Waals surface area contributed by atoms with E-state index in [-0.39, 0.29) is 10.8 Å². The smallest absolute Gasteiger partial charge is 0.162 e. The lowest BCUT2D eigenvalue weighted by atomic mass is 10.1. The summed E-state index contributed by atoms with van der Waals surface area (Å²) in [5, 5.41) is 1.02. The first-order chi connectivity index (χ1) is 13.6. The fourth-order valence-electron chi connectivity index (χ4n) is 3.99. The monoisotopic (exact) mass is 396 g/mol. The van der Waals surface area contributed by atoms with Crippen LogP contribution in [0.5, 0.6) is 0 Å². The third-order valence-electron chi connectivity index (χ3n) is 5.83. The fraction of sp³-hybridized carbons (Fsp3) is 0.450. The molecular weight excluding hydrogens is 372 g/mol. The lowest BCUT2D eigenvalue weighted by molar-refractivity contribution is 0.0985. The van der Waals surface area contributed by atoms with Gasteiger partial charge in [-0.1, -0.05) is 10.7 Å². The molecule has 1 saturated heterocycles. The normalized spacial score (nSPS) is 22.4. The van der Waals surface area contributed by atoms with Gasteiger partial charge < -0.3 is 14.6 Å². The van der Waals surface area contributed by atoms with E-state index in [9.17, 15) is 0 Å². The molecular formula is C20H24N6OS. The molecule has 7 nitrogen and oxygen atoms in total. The third-order valence-corrected chi connectivity index (χ3v) is 7.62. The number of hydrogen-bond acceptors (Lipinski definition) is 6. The largest absolute Gasteiger partial charge is 0.377 e. The summed E-state index contributed by atoms with van der Waals surface area (Å²) in [6.07, 6.45) is 7.75. The maximum absolute atomic E-state index is 8.44. The number of nitrogens with one attached hydrogen (secondary N) is 2. The number of aromatic amines is 1. The number of fused-ring (bicyclic) bond motifs is 1. The molecule has 3 aromatic rings. The number of hydrogen-bond donors (Lipinski definition) is 2. The number of pyridine rings is 1. The Labute approximate surface area is 166 Å². The van der Waals surface area contributed by atoms with Crippen molar-refractivity contribution in [2.24, 2.45) is 0 Å². The highest BCUT2D eigenvalue weighted by atomic mass is 32.2. The molecule has 1 saturated carbocycles. The second-order valence-corrected chi connectivity index (χ2v) is 9.46. The first-order valence-electron chi connectivity index (χ1n) is 9.62. The fourth-order valence-corrected chi connectivity index (χ4v) is 5.12. The average molecular weight is 397 g/mol. The summed E-state index contributed by atoms with van der Waals surface area (Å²) in [5.41, 5.74) is 2.82. The predicted molar refractivity (Wildman–Crippen MR) is 112 cm³/mol. The van der Waals surface area contributed by atoms with Crippen LogP contribution >= 0.6 is 0 Å². The van der Waals surface area contributed by atoms with E-state index in [2.05, 4.69) is 27.9 Å². The molecule has 4 heterocycles. The van der Waals surface area contributed by atoms with E-state index in [1.807, 2.05) is 24.6 Å². The minimum Gasteiger partial charge on any atom is -0.377 e. The number of anilines is 1. The quantitative estimate of drug-likeness (QED) is 0.706. The van der Waals surface area contributed by atoms with Gasteiger partial charge in [-0.05, 0) is 38.2 Å². The van der Waals surface area contributed by atoms with Crippen molar-refractivity contribution in [1.82, 2.24) is 19.9 Å². The Bertz CT molecular complexity index is 1060. The Balaban J connectivity index is 1.69. The minimum atomic E-state index is -0.474. The van der Waals surface area contributed by atoms with Crippen molar-refractivity contribution in [3.63, 3.8) is 0 Å². The number of nitrogens with zero attached hydrogens (tertiary/aromatic N) is 4. The minimum absolute atomic E-state index is 0.119. The standard InChI is InChI=1S/C20H24N6OS/c1-13-12-27-10-9-26(13)17-11-16(20(5-6-20)28(2)21)24-19(25-17)15-4-8-23-18-14(15)3-7-22-18/h3-4,7-8,11,13,21H,5-6,9-10,12H2,1-2H3,(H,22,23)/t13-,28?/m1/s1. The second kappa shape index (κ2) is 6.63. The van der Waals surface area contributed by atoms with Gasteiger partial charge in [-0.3, -0.25) is 4.78 Å². The van der Waals surface area contributed by atoms with Crippen LogP contribution in [-0.2, 0) is 20.2 Å². The van der Waals surface area contributed by atoms with Gasteiger partial charge in [-0.25, -0.2) is 15.0 Å². The van der Waals surface area contributed by atoms with Crippen molar-refractivity contribution in [2.75, 3.05) is 30.9 Å². The third kappa shape index (κ3) is 2.82. The van der Waals surface area contributed by atoms with Crippen molar-refractivity contribution in [3.05, 3.63) is 36.3 Å². The molecule has 146 valence electrons. The summed E-state index contributed by atoms with van der Waals surface area (Å²) < 4.78 is 13.9. The van der Waals surface area contributed by atoms with Crippen molar-refractivity contribution in [2.45, 2.75) is 30.6 Å². The number of ether oxygens (including phenoxy) is 1. The molecule has 0 spiro atoms. The van der Waals surface area contributed by atoms with E-state index in [0.717, 1.165) is 53.3 Å². The van der Waals surface area contributed by atoms with E-state index in [4.69, 9.17) is 19.5 Å². The van der Waals surface area contributed by atoms with Gasteiger partial charge in [-0.15, -0.1) is 0 Å². The molecule has 0 aromatic carbocycles. The zero-order valence-corrected chi connectivity index (χ0v) is 16.9. The summed E-state index contributed by atoms with van der Waals surface area (Å²) in [6, 6.07) is 6.38. The van der Waals surface area contributed by atoms with Crippen LogP contribution in [0.1, 0.15) is 25.5 Å². The van der Waals surface area contributed by atoms with Crippen molar-refractivity contribution < 1.29 is 4.74 Å². The molecule has 3 aromatic heterocycles. The number of aromatic nitrogens is 4. The van der Waals surface area contributed by atoms with Crippen LogP contribution in [0.4, 0.5) is 5.82 Å². The van der Waals surface area contributed by atoms with Crippen molar-refractivity contribution in [1.29, 1.82) is 4.78 Å². The van der Waals surface area contributed by atoms with Crippen LogP contribution in [0.3, 0.4) is 0 Å². The van der Waals surface area contributed by atoms with Gasteiger partial charge in [-0.2, -0.15) is 0 Å². The van der Waals surface area contributed by atoms with Gasteiger partial charge in [0, 0.05) is 36.0 Å². The topological polar surface area (TPSA) is 90.8 Å². The Hall–Kier alpha value is -2.32. The zero-order valence-electron chi connectivity index (χ0n) is 16.1. The summed E-state index contributed by atoms with van der Waals surface area (Å²) in [5.74, 6) is 1.66. The van der Waals surface area contributed by atoms with Crippen LogP contribution < -0.4 is 4.90 Å². The van der Waals surface area contributed by atoms with Gasteiger partial charge >= 0.3 is 0 Å². The summed E-state index contributed by atoms with van der Waals surface area (Å²) in [6.45, 7) is 4.39. The van der Waals surface area contributed by atoms with Crippen LogP contribution in [-0.4, -0.2) is 52.0 Å². The molecule has 1 aliphatic heterocycles. The Kier molecular flexibility index (Phi) is 4.21. The van der Waals surface area contributed by atoms with Crippen molar-refractivity contribution in [3.8, 4) is 11.4 Å². The lowest BCUT2D eigenvalue weighted by Crippen LogP contribution is -2.44. The first-order valence-corrected chi connectivity index (χ1v) is 11.3. The number of rotatable bonds is 4. The zero-order chi connectivity index (χ0) is 19.3. The molecule has 2 atom stereocenters. The van der Waals surface area contributed by atoms with Gasteiger partial charge in [0.25, 0.3) is 0 Å². The summed E-state index contributed by atoms with van der Waals surface area (Å²) >= 11 is 0. The first kappa shape index (κ1) is 17.8. The Morgan fingerprint density at radius 1 is 1.32 bits per heavy atom. The van der Waals surface area contributed by atoms with E-state index in [1.165, 1.54) is 0 Å². The molecule has 2 aliphatic rings. The molecule has 0 bridgehead atoms. The van der Waals surface area contributed by atoms with Gasteiger partial charge in [0.15, 0.2) is 5.82 Å². The molecule has 2 fully saturated rings. The van der Waals surface area contributed by atoms with Crippen LogP contribution in [0.25, 0.3) is 22.4 Å². The summed E-state index contributed by atoms with van der Waals surface area (Å²) in [4.78, 5) is 19.8. The second-order valence-electron chi connectivity index (χ2n) is 7.66. The van der Waals surface area contributed by atoms with Crippen LogP contribution in [0.2, 0.25) is 0 Å². The SMILES string of the molecule is C[C@@H]1COCCN1c1cc(C2(S(C)=N)CC2)nc(-c2ccnc3[nH]ccc23)n1. The lowest BCUT2D eigenvalue weighted by Gasteiger charge is -2.34. The molecule has 0 amide bonds. The highest BCUT2D eigenvalue weighted by Gasteiger charge is 2.48. The number of morpholine rings is 1. The predicted octanol–water partition coefficient (Wildman–Crippen LogP) is 3.24. The van der Waals surface area contributed by atoms with E-state index in [0.29, 0.717) is 13.2 Å². The number of H-pyrrole nitrogens is 1. The Morgan fingerprint density at radius 2 is 2.18 bits per heavy atom. The molecule has 1 aliphatic carbocycles. The molecule has 1 unspecified atom stereocenters.